The van der Waals surface area contributed by atoms with E-state index in [0.717, 1.165) is 88.3 Å². The van der Waals surface area contributed by atoms with Crippen molar-refractivity contribution in [1.82, 2.24) is 20.2 Å². The number of carbonyl (C=O) groups is 1. The van der Waals surface area contributed by atoms with Crippen molar-refractivity contribution >= 4 is 17.4 Å². The van der Waals surface area contributed by atoms with Gasteiger partial charge in [0.15, 0.2) is 0 Å². The minimum atomic E-state index is -2.65. The highest BCUT2D eigenvalue weighted by Gasteiger charge is 2.48. The molecule has 252 valence electrons. The molecular weight excluding hydrogens is 602 g/mol. The highest BCUT2D eigenvalue weighted by Crippen LogP contribution is 2.49. The summed E-state index contributed by atoms with van der Waals surface area (Å²) in [6.45, 7) is 7.25. The van der Waals surface area contributed by atoms with Crippen LogP contribution in [-0.2, 0) is 16.0 Å². The fraction of sp³-hybridized carbons (Fsp3) is 0.639. The van der Waals surface area contributed by atoms with Gasteiger partial charge in [0, 0.05) is 68.8 Å². The van der Waals surface area contributed by atoms with E-state index in [4.69, 9.17) is 14.6 Å². The lowest BCUT2D eigenvalue weighted by atomic mass is 9.62. The van der Waals surface area contributed by atoms with Crippen LogP contribution in [0.4, 0.5) is 14.5 Å². The number of rotatable bonds is 5. The number of hydrogen-bond acceptors (Lipinski definition) is 8. The number of carbonyl (C=O) groups excluding carboxylic acids is 1. The van der Waals surface area contributed by atoms with E-state index < -0.39 is 6.43 Å². The summed E-state index contributed by atoms with van der Waals surface area (Å²) in [5.41, 5.74) is 3.46. The molecule has 47 heavy (non-hydrogen) atoms. The SMILES string of the molecule is CC(=O)N1CCC2C(C1)C(N1CCCc3cc(-c4ccc(OC5CC6(CCNCC6)C5)nc4)c(C(F)F)cc31)=NN2C1CCOCC1. The molecule has 2 atom stereocenters. The molecule has 11 heteroatoms. The van der Waals surface area contributed by atoms with E-state index in [2.05, 4.69) is 20.2 Å². The first-order valence-corrected chi connectivity index (χ1v) is 17.6. The van der Waals surface area contributed by atoms with Crippen molar-refractivity contribution in [2.24, 2.45) is 16.4 Å². The molecule has 8 rings (SSSR count). The number of hydrogen-bond donors (Lipinski definition) is 1. The van der Waals surface area contributed by atoms with E-state index in [1.54, 1.807) is 19.2 Å². The van der Waals surface area contributed by atoms with Gasteiger partial charge >= 0.3 is 0 Å². The van der Waals surface area contributed by atoms with Crippen molar-refractivity contribution in [1.29, 1.82) is 0 Å². The van der Waals surface area contributed by atoms with Crippen LogP contribution >= 0.6 is 0 Å². The minimum Gasteiger partial charge on any atom is -0.474 e. The molecule has 1 aromatic heterocycles. The number of nitrogens with zero attached hydrogens (tertiary/aromatic N) is 5. The van der Waals surface area contributed by atoms with Crippen molar-refractivity contribution in [3.8, 4) is 17.0 Å². The topological polar surface area (TPSA) is 82.5 Å². The van der Waals surface area contributed by atoms with Crippen molar-refractivity contribution in [2.45, 2.75) is 89.3 Å². The standard InChI is InChI=1S/C36H46F2N6O3/c1-23(45)42-14-6-31-30(22-42)35(41-44(31)26-7-15-46-16-8-26)43-13-2-3-24-17-28(29(34(37)38)18-32(24)43)25-4-5-33(40-21-25)47-27-19-36(20-27)9-11-39-12-10-36/h4-5,17-18,21,26-27,30-31,34,39H,2-3,6-16,19-20,22H2,1H3. The Labute approximate surface area is 275 Å². The van der Waals surface area contributed by atoms with Crippen LogP contribution in [-0.4, -0.2) is 90.8 Å². The van der Waals surface area contributed by atoms with Crippen LogP contribution in [0.15, 0.2) is 35.6 Å². The van der Waals surface area contributed by atoms with E-state index in [0.29, 0.717) is 42.1 Å². The molecule has 4 fully saturated rings. The van der Waals surface area contributed by atoms with Gasteiger partial charge in [-0.2, -0.15) is 5.10 Å². The van der Waals surface area contributed by atoms with Gasteiger partial charge in [-0.15, -0.1) is 0 Å². The molecule has 1 spiro atoms. The Balaban J connectivity index is 1.06. The summed E-state index contributed by atoms with van der Waals surface area (Å²) in [6, 6.07) is 7.80. The fourth-order valence-electron chi connectivity index (χ4n) is 9.07. The molecule has 2 unspecified atom stereocenters. The molecule has 1 amide bonds. The Morgan fingerprint density at radius 2 is 1.91 bits per heavy atom. The van der Waals surface area contributed by atoms with E-state index in [1.165, 1.54) is 12.8 Å². The lowest BCUT2D eigenvalue weighted by Gasteiger charge is -2.49. The van der Waals surface area contributed by atoms with Gasteiger partial charge in [-0.1, -0.05) is 0 Å². The van der Waals surface area contributed by atoms with Gasteiger partial charge in [0.1, 0.15) is 11.9 Å². The molecule has 6 aliphatic rings. The fourth-order valence-corrected chi connectivity index (χ4v) is 9.07. The normalized spacial score (nSPS) is 26.2. The predicted octanol–water partition coefficient (Wildman–Crippen LogP) is 5.39. The zero-order valence-electron chi connectivity index (χ0n) is 27.3. The Bertz CT molecular complexity index is 1500. The molecule has 6 heterocycles. The van der Waals surface area contributed by atoms with Gasteiger partial charge in [0.05, 0.1) is 18.0 Å². The number of likely N-dealkylation sites (tertiary alicyclic amines) is 1. The van der Waals surface area contributed by atoms with Crippen LogP contribution in [0.3, 0.4) is 0 Å². The van der Waals surface area contributed by atoms with Crippen molar-refractivity contribution in [3.63, 3.8) is 0 Å². The van der Waals surface area contributed by atoms with Crippen molar-refractivity contribution in [3.05, 3.63) is 41.6 Å². The Morgan fingerprint density at radius 3 is 2.64 bits per heavy atom. The summed E-state index contributed by atoms with van der Waals surface area (Å²) in [7, 11) is 0. The number of fused-ring (bicyclic) bond motifs is 2. The summed E-state index contributed by atoms with van der Waals surface area (Å²) in [6.07, 6.45) is 8.11. The molecule has 1 saturated carbocycles. The zero-order chi connectivity index (χ0) is 32.1. The smallest absolute Gasteiger partial charge is 0.264 e. The third-order valence-corrected chi connectivity index (χ3v) is 11.7. The number of piperidine rings is 2. The van der Waals surface area contributed by atoms with Crippen LogP contribution in [0.5, 0.6) is 5.88 Å². The molecule has 1 aromatic carbocycles. The maximum absolute atomic E-state index is 14.8. The molecule has 2 aromatic rings. The van der Waals surface area contributed by atoms with Gasteiger partial charge in [0.2, 0.25) is 11.8 Å². The molecule has 1 N–H and O–H groups in total. The van der Waals surface area contributed by atoms with Gasteiger partial charge in [0.25, 0.3) is 6.43 Å². The molecule has 0 bridgehead atoms. The lowest BCUT2D eigenvalue weighted by molar-refractivity contribution is -0.131. The number of ether oxygens (including phenoxy) is 2. The van der Waals surface area contributed by atoms with Gasteiger partial charge in [-0.05, 0) is 106 Å². The molecule has 0 radical (unpaired) electrons. The van der Waals surface area contributed by atoms with E-state index in [-0.39, 0.29) is 35.6 Å². The van der Waals surface area contributed by atoms with Crippen LogP contribution in [0.1, 0.15) is 75.8 Å². The quantitative estimate of drug-likeness (QED) is 0.466. The average Bonchev–Trinajstić information content (AvgIpc) is 3.46. The highest BCUT2D eigenvalue weighted by atomic mass is 19.3. The predicted molar refractivity (Wildman–Crippen MR) is 176 cm³/mol. The van der Waals surface area contributed by atoms with Gasteiger partial charge in [-0.3, -0.25) is 9.80 Å². The highest BCUT2D eigenvalue weighted by molar-refractivity contribution is 6.02. The molecule has 1 aliphatic carbocycles. The first-order valence-electron chi connectivity index (χ1n) is 17.6. The van der Waals surface area contributed by atoms with E-state index in [9.17, 15) is 13.6 Å². The second-order valence-corrected chi connectivity index (χ2v) is 14.5. The molecule has 5 aliphatic heterocycles. The van der Waals surface area contributed by atoms with E-state index >= 15 is 0 Å². The monoisotopic (exact) mass is 648 g/mol. The summed E-state index contributed by atoms with van der Waals surface area (Å²) < 4.78 is 41.5. The number of pyridine rings is 1. The molecular formula is C36H46F2N6O3. The maximum Gasteiger partial charge on any atom is 0.264 e. The number of halogens is 2. The summed E-state index contributed by atoms with van der Waals surface area (Å²) in [5, 5.41) is 11.0. The Kier molecular flexibility index (Phi) is 8.32. The number of hydrazone groups is 1. The first kappa shape index (κ1) is 31.0. The van der Waals surface area contributed by atoms with Crippen molar-refractivity contribution in [2.75, 3.05) is 50.8 Å². The number of aryl methyl sites for hydroxylation is 1. The molecule has 3 saturated heterocycles. The zero-order valence-corrected chi connectivity index (χ0v) is 27.3. The number of amides is 1. The van der Waals surface area contributed by atoms with Crippen LogP contribution in [0.25, 0.3) is 11.1 Å². The second-order valence-electron chi connectivity index (χ2n) is 14.5. The number of anilines is 1. The van der Waals surface area contributed by atoms with Crippen molar-refractivity contribution < 1.29 is 23.0 Å². The Morgan fingerprint density at radius 1 is 1.11 bits per heavy atom. The summed E-state index contributed by atoms with van der Waals surface area (Å²) in [5.74, 6) is 1.57. The van der Waals surface area contributed by atoms with E-state index in [1.807, 2.05) is 23.1 Å². The van der Waals surface area contributed by atoms with Gasteiger partial charge in [-0.25, -0.2) is 13.8 Å². The average molecular weight is 649 g/mol. The third kappa shape index (κ3) is 5.87. The first-order chi connectivity index (χ1) is 22.9. The van der Waals surface area contributed by atoms with Crippen LogP contribution in [0, 0.1) is 11.3 Å². The summed E-state index contributed by atoms with van der Waals surface area (Å²) in [4.78, 5) is 21.1. The van der Waals surface area contributed by atoms with Crippen LogP contribution in [0.2, 0.25) is 0 Å². The number of aromatic nitrogens is 1. The van der Waals surface area contributed by atoms with Gasteiger partial charge < -0.3 is 24.6 Å². The largest absolute Gasteiger partial charge is 0.474 e. The van der Waals surface area contributed by atoms with Crippen LogP contribution < -0.4 is 15.0 Å². The maximum atomic E-state index is 14.8. The number of nitrogens with one attached hydrogen (secondary N) is 1. The second kappa shape index (κ2) is 12.6. The number of benzene rings is 1. The number of alkyl halides is 2. The Hall–Kier alpha value is -3.31. The number of amidine groups is 1. The lowest BCUT2D eigenvalue weighted by Crippen LogP contribution is -2.54. The minimum absolute atomic E-state index is 0.00315. The summed E-state index contributed by atoms with van der Waals surface area (Å²) >= 11 is 0. The third-order valence-electron chi connectivity index (χ3n) is 11.7. The molecule has 9 nitrogen and oxygen atoms in total.